The van der Waals surface area contributed by atoms with E-state index in [1.807, 2.05) is 0 Å². The molecule has 0 aliphatic carbocycles. The molecule has 1 saturated heterocycles. The Labute approximate surface area is 176 Å². The van der Waals surface area contributed by atoms with Gasteiger partial charge in [0.2, 0.25) is 5.91 Å². The first-order valence-corrected chi connectivity index (χ1v) is 9.92. The van der Waals surface area contributed by atoms with Gasteiger partial charge in [-0.05, 0) is 43.7 Å². The van der Waals surface area contributed by atoms with Crippen molar-refractivity contribution in [2.24, 2.45) is 0 Å². The zero-order chi connectivity index (χ0) is 21.4. The van der Waals surface area contributed by atoms with Crippen molar-refractivity contribution in [2.45, 2.75) is 25.9 Å². The van der Waals surface area contributed by atoms with Crippen molar-refractivity contribution in [3.05, 3.63) is 73.9 Å². The first-order chi connectivity index (χ1) is 14.4. The first kappa shape index (κ1) is 19.9. The molecule has 9 heteroatoms. The van der Waals surface area contributed by atoms with Gasteiger partial charge in [0, 0.05) is 18.7 Å². The molecule has 4 rings (SSSR count). The van der Waals surface area contributed by atoms with Gasteiger partial charge in [0.25, 0.3) is 11.5 Å². The largest absolute Gasteiger partial charge is 0.340 e. The summed E-state index contributed by atoms with van der Waals surface area (Å²) < 4.78 is 1.09. The summed E-state index contributed by atoms with van der Waals surface area (Å²) in [4.78, 5) is 54.0. The normalized spacial score (nSPS) is 16.3. The van der Waals surface area contributed by atoms with E-state index in [0.717, 1.165) is 4.57 Å². The highest BCUT2D eigenvalue weighted by Gasteiger charge is 2.34. The maximum Gasteiger partial charge on any atom is 0.328 e. The predicted octanol–water partition coefficient (Wildman–Crippen LogP) is 1.90. The fourth-order valence-corrected chi connectivity index (χ4v) is 3.89. The molecule has 0 bridgehead atoms. The lowest BCUT2D eigenvalue weighted by Gasteiger charge is -2.18. The van der Waals surface area contributed by atoms with Crippen LogP contribution in [0.15, 0.2) is 52.1 Å². The number of aromatic nitrogens is 2. The maximum atomic E-state index is 12.8. The highest BCUT2D eigenvalue weighted by Crippen LogP contribution is 2.29. The van der Waals surface area contributed by atoms with Gasteiger partial charge in [0.05, 0.1) is 21.6 Å². The molecule has 1 atom stereocenters. The van der Waals surface area contributed by atoms with Gasteiger partial charge in [-0.3, -0.25) is 19.0 Å². The predicted molar refractivity (Wildman–Crippen MR) is 114 cm³/mol. The van der Waals surface area contributed by atoms with E-state index in [2.05, 4.69) is 10.3 Å². The minimum absolute atomic E-state index is 0.239. The van der Waals surface area contributed by atoms with E-state index >= 15 is 0 Å². The number of rotatable bonds is 4. The molecule has 1 unspecified atom stereocenters. The number of nitrogens with zero attached hydrogens (tertiary/aromatic N) is 2. The Kier molecular flexibility index (Phi) is 5.17. The number of H-pyrrole nitrogens is 1. The van der Waals surface area contributed by atoms with E-state index < -0.39 is 23.2 Å². The van der Waals surface area contributed by atoms with Crippen LogP contribution in [0.4, 0.5) is 5.69 Å². The fourth-order valence-electron chi connectivity index (χ4n) is 3.65. The number of aromatic amines is 1. The van der Waals surface area contributed by atoms with Gasteiger partial charge in [-0.25, -0.2) is 4.79 Å². The number of benzene rings is 2. The van der Waals surface area contributed by atoms with Gasteiger partial charge < -0.3 is 15.2 Å². The molecule has 1 fully saturated rings. The number of hydrogen-bond donors (Lipinski definition) is 2. The van der Waals surface area contributed by atoms with E-state index in [1.165, 1.54) is 18.2 Å². The number of carbonyl (C=O) groups is 2. The number of para-hydroxylation sites is 1. The number of fused-ring (bicyclic) bond motifs is 1. The molecule has 8 nitrogen and oxygen atoms in total. The van der Waals surface area contributed by atoms with E-state index in [1.54, 1.807) is 36.1 Å². The second-order valence-electron chi connectivity index (χ2n) is 7.00. The van der Waals surface area contributed by atoms with Crippen molar-refractivity contribution in [3.63, 3.8) is 0 Å². The van der Waals surface area contributed by atoms with Crippen LogP contribution in [0.2, 0.25) is 5.02 Å². The molecule has 2 N–H and O–H groups in total. The number of amides is 2. The summed E-state index contributed by atoms with van der Waals surface area (Å²) in [6.45, 7) is 2.39. The highest BCUT2D eigenvalue weighted by molar-refractivity contribution is 6.34. The Morgan fingerprint density at radius 3 is 2.70 bits per heavy atom. The van der Waals surface area contributed by atoms with Gasteiger partial charge in [-0.15, -0.1) is 0 Å². The SMILES string of the molecule is CCn1c(=O)[nH]c2cc(C(=O)NC3CCN(c4ccccc4Cl)C3=O)ccc2c1=O. The number of carbonyl (C=O) groups excluding carboxylic acids is 2. The Morgan fingerprint density at radius 2 is 1.97 bits per heavy atom. The molecule has 1 aromatic heterocycles. The summed E-state index contributed by atoms with van der Waals surface area (Å²) in [5.74, 6) is -0.701. The van der Waals surface area contributed by atoms with Crippen molar-refractivity contribution in [3.8, 4) is 0 Å². The van der Waals surface area contributed by atoms with Crippen LogP contribution < -0.4 is 21.5 Å². The molecule has 0 saturated carbocycles. The molecular weight excluding hydrogens is 408 g/mol. The molecule has 0 spiro atoms. The van der Waals surface area contributed by atoms with Gasteiger partial charge in [0.1, 0.15) is 6.04 Å². The van der Waals surface area contributed by atoms with E-state index in [9.17, 15) is 19.2 Å². The highest BCUT2D eigenvalue weighted by atomic mass is 35.5. The molecule has 2 amide bonds. The second-order valence-corrected chi connectivity index (χ2v) is 7.40. The van der Waals surface area contributed by atoms with Crippen LogP contribution in [0, 0.1) is 0 Å². The van der Waals surface area contributed by atoms with Gasteiger partial charge in [-0.1, -0.05) is 23.7 Å². The average molecular weight is 427 g/mol. The smallest absolute Gasteiger partial charge is 0.328 e. The molecule has 3 aromatic rings. The summed E-state index contributed by atoms with van der Waals surface area (Å²) in [6, 6.07) is 10.8. The third-order valence-electron chi connectivity index (χ3n) is 5.21. The first-order valence-electron chi connectivity index (χ1n) is 9.54. The maximum absolute atomic E-state index is 12.8. The number of halogens is 1. The minimum Gasteiger partial charge on any atom is -0.340 e. The topological polar surface area (TPSA) is 104 Å². The van der Waals surface area contributed by atoms with Crippen molar-refractivity contribution in [2.75, 3.05) is 11.4 Å². The van der Waals surface area contributed by atoms with Crippen LogP contribution in [0.5, 0.6) is 0 Å². The van der Waals surface area contributed by atoms with Crippen LogP contribution in [0.25, 0.3) is 10.9 Å². The van der Waals surface area contributed by atoms with Crippen LogP contribution in [-0.2, 0) is 11.3 Å². The summed E-state index contributed by atoms with van der Waals surface area (Å²) in [5, 5.41) is 3.51. The Hall–Kier alpha value is -3.39. The molecule has 30 heavy (non-hydrogen) atoms. The molecule has 154 valence electrons. The van der Waals surface area contributed by atoms with E-state index in [0.29, 0.717) is 29.1 Å². The monoisotopic (exact) mass is 426 g/mol. The van der Waals surface area contributed by atoms with Crippen LogP contribution in [0.3, 0.4) is 0 Å². The zero-order valence-corrected chi connectivity index (χ0v) is 16.9. The molecule has 1 aliphatic rings. The average Bonchev–Trinajstić information content (AvgIpc) is 3.08. The lowest BCUT2D eigenvalue weighted by atomic mass is 10.1. The van der Waals surface area contributed by atoms with Crippen molar-refractivity contribution in [1.82, 2.24) is 14.9 Å². The Bertz CT molecular complexity index is 1280. The number of anilines is 1. The molecule has 2 heterocycles. The minimum atomic E-state index is -0.684. The molecule has 2 aromatic carbocycles. The Balaban J connectivity index is 1.56. The number of hydrogen-bond acceptors (Lipinski definition) is 4. The standard InChI is InChI=1S/C21H19ClN4O4/c1-2-25-19(28)13-8-7-12(11-16(13)24-21(25)30)18(27)23-15-9-10-26(20(15)29)17-6-4-3-5-14(17)22/h3-8,11,15H,2,9-10H2,1H3,(H,23,27)(H,24,30). The van der Waals surface area contributed by atoms with Crippen molar-refractivity contribution in [1.29, 1.82) is 0 Å². The summed E-state index contributed by atoms with van der Waals surface area (Å²) in [7, 11) is 0. The lowest BCUT2D eigenvalue weighted by Crippen LogP contribution is -2.41. The molecule has 1 aliphatic heterocycles. The fraction of sp³-hybridized carbons (Fsp3) is 0.238. The summed E-state index contributed by atoms with van der Waals surface area (Å²) >= 11 is 6.18. The Morgan fingerprint density at radius 1 is 1.20 bits per heavy atom. The van der Waals surface area contributed by atoms with E-state index in [4.69, 9.17) is 11.6 Å². The van der Waals surface area contributed by atoms with Crippen LogP contribution in [0.1, 0.15) is 23.7 Å². The van der Waals surface area contributed by atoms with Crippen LogP contribution in [-0.4, -0.2) is 34.0 Å². The number of nitrogens with one attached hydrogen (secondary N) is 2. The van der Waals surface area contributed by atoms with Gasteiger partial charge in [0.15, 0.2) is 0 Å². The van der Waals surface area contributed by atoms with Gasteiger partial charge >= 0.3 is 5.69 Å². The lowest BCUT2D eigenvalue weighted by molar-refractivity contribution is -0.118. The van der Waals surface area contributed by atoms with Crippen LogP contribution >= 0.6 is 11.6 Å². The summed E-state index contributed by atoms with van der Waals surface area (Å²) in [6.07, 6.45) is 0.446. The van der Waals surface area contributed by atoms with Gasteiger partial charge in [-0.2, -0.15) is 0 Å². The van der Waals surface area contributed by atoms with Crippen molar-refractivity contribution >= 4 is 40.0 Å². The second kappa shape index (κ2) is 7.79. The summed E-state index contributed by atoms with van der Waals surface area (Å²) in [5.41, 5.74) is 0.184. The third-order valence-corrected chi connectivity index (χ3v) is 5.53. The zero-order valence-electron chi connectivity index (χ0n) is 16.1. The molecular formula is C21H19ClN4O4. The van der Waals surface area contributed by atoms with E-state index in [-0.39, 0.29) is 23.5 Å². The third kappa shape index (κ3) is 3.39. The quantitative estimate of drug-likeness (QED) is 0.664. The van der Waals surface area contributed by atoms with Crippen molar-refractivity contribution < 1.29 is 9.59 Å². The molecule has 0 radical (unpaired) electrons.